The van der Waals surface area contributed by atoms with Crippen LogP contribution in [0.1, 0.15) is 12.0 Å². The molecule has 0 unspecified atom stereocenters. The smallest absolute Gasteiger partial charge is 0.327 e. The van der Waals surface area contributed by atoms with Crippen LogP contribution in [0.2, 0.25) is 0 Å². The number of rotatable bonds is 2. The summed E-state index contributed by atoms with van der Waals surface area (Å²) in [5.74, 6) is -1.30. The minimum Gasteiger partial charge on any atom is -0.502 e. The van der Waals surface area contributed by atoms with Gasteiger partial charge in [-0.05, 0) is 0 Å². The van der Waals surface area contributed by atoms with E-state index in [2.05, 4.69) is 0 Å². The van der Waals surface area contributed by atoms with E-state index in [1.165, 1.54) is 0 Å². The van der Waals surface area contributed by atoms with Crippen LogP contribution in [0.15, 0.2) is 11.0 Å². The lowest BCUT2D eigenvalue weighted by atomic mass is 10.2. The lowest BCUT2D eigenvalue weighted by Crippen LogP contribution is -2.13. The number of alkyl halides is 2. The van der Waals surface area contributed by atoms with Crippen LogP contribution in [0.25, 0.3) is 0 Å². The molecule has 1 rings (SSSR count). The highest BCUT2D eigenvalue weighted by atomic mass is 19.3. The standard InChI is InChI=1S/C6H4F2N2O4/c7-5(8)3-4(11)2(10(13)14)1-9-6(3)12/h1,5H,(H2,9,11,12). The van der Waals surface area contributed by atoms with Crippen molar-refractivity contribution >= 4 is 5.69 Å². The Morgan fingerprint density at radius 1 is 1.57 bits per heavy atom. The zero-order valence-electron chi connectivity index (χ0n) is 6.53. The Hall–Kier alpha value is -1.99. The zero-order chi connectivity index (χ0) is 10.9. The first-order valence-electron chi connectivity index (χ1n) is 3.32. The van der Waals surface area contributed by atoms with Crippen LogP contribution in [-0.4, -0.2) is 15.0 Å². The normalized spacial score (nSPS) is 10.5. The van der Waals surface area contributed by atoms with E-state index in [1.54, 1.807) is 4.98 Å². The molecule has 6 nitrogen and oxygen atoms in total. The van der Waals surface area contributed by atoms with E-state index >= 15 is 0 Å². The number of aromatic nitrogens is 1. The number of nitrogens with one attached hydrogen (secondary N) is 1. The van der Waals surface area contributed by atoms with Gasteiger partial charge in [0.05, 0.1) is 11.1 Å². The van der Waals surface area contributed by atoms with E-state index in [-0.39, 0.29) is 0 Å². The van der Waals surface area contributed by atoms with Crippen molar-refractivity contribution in [1.29, 1.82) is 0 Å². The van der Waals surface area contributed by atoms with E-state index in [4.69, 9.17) is 5.11 Å². The van der Waals surface area contributed by atoms with E-state index in [0.29, 0.717) is 6.20 Å². The lowest BCUT2D eigenvalue weighted by molar-refractivity contribution is -0.386. The number of pyridine rings is 1. The third kappa shape index (κ3) is 1.53. The number of hydrogen-bond acceptors (Lipinski definition) is 4. The summed E-state index contributed by atoms with van der Waals surface area (Å²) in [7, 11) is 0. The van der Waals surface area contributed by atoms with Gasteiger partial charge in [0.25, 0.3) is 12.0 Å². The van der Waals surface area contributed by atoms with Crippen molar-refractivity contribution in [1.82, 2.24) is 4.98 Å². The lowest BCUT2D eigenvalue weighted by Gasteiger charge is -2.01. The molecule has 0 atom stereocenters. The van der Waals surface area contributed by atoms with E-state index in [1.807, 2.05) is 0 Å². The van der Waals surface area contributed by atoms with E-state index in [9.17, 15) is 23.7 Å². The fourth-order valence-electron chi connectivity index (χ4n) is 0.867. The molecule has 0 radical (unpaired) electrons. The number of nitrogens with zero attached hydrogens (tertiary/aromatic N) is 1. The van der Waals surface area contributed by atoms with Gasteiger partial charge >= 0.3 is 5.69 Å². The van der Waals surface area contributed by atoms with Gasteiger partial charge in [0.2, 0.25) is 5.75 Å². The van der Waals surface area contributed by atoms with Gasteiger partial charge in [-0.3, -0.25) is 14.9 Å². The molecule has 2 N–H and O–H groups in total. The van der Waals surface area contributed by atoms with E-state index in [0.717, 1.165) is 0 Å². The zero-order valence-corrected chi connectivity index (χ0v) is 6.53. The van der Waals surface area contributed by atoms with Crippen LogP contribution in [0.5, 0.6) is 5.75 Å². The average Bonchev–Trinajstić information content (AvgIpc) is 2.02. The van der Waals surface area contributed by atoms with Gasteiger partial charge in [0, 0.05) is 0 Å². The number of halogens is 2. The highest BCUT2D eigenvalue weighted by Crippen LogP contribution is 2.31. The van der Waals surface area contributed by atoms with Gasteiger partial charge in [-0.1, -0.05) is 0 Å². The van der Waals surface area contributed by atoms with Crippen molar-refractivity contribution < 1.29 is 18.8 Å². The Kier molecular flexibility index (Phi) is 2.45. The van der Waals surface area contributed by atoms with Gasteiger partial charge in [-0.15, -0.1) is 0 Å². The van der Waals surface area contributed by atoms with Crippen molar-refractivity contribution in [2.45, 2.75) is 6.43 Å². The monoisotopic (exact) mass is 206 g/mol. The summed E-state index contributed by atoms with van der Waals surface area (Å²) >= 11 is 0. The third-order valence-corrected chi connectivity index (χ3v) is 1.50. The maximum absolute atomic E-state index is 12.1. The number of hydrogen-bond donors (Lipinski definition) is 2. The van der Waals surface area contributed by atoms with Crippen molar-refractivity contribution in [2.24, 2.45) is 0 Å². The summed E-state index contributed by atoms with van der Waals surface area (Å²) in [4.78, 5) is 21.6. The Morgan fingerprint density at radius 2 is 2.14 bits per heavy atom. The van der Waals surface area contributed by atoms with Crippen LogP contribution < -0.4 is 5.56 Å². The quantitative estimate of drug-likeness (QED) is 0.555. The molecule has 0 spiro atoms. The fraction of sp³-hybridized carbons (Fsp3) is 0.167. The first kappa shape index (κ1) is 10.1. The van der Waals surface area contributed by atoms with Crippen molar-refractivity contribution in [2.75, 3.05) is 0 Å². The Bertz CT molecular complexity index is 428. The van der Waals surface area contributed by atoms with Crippen LogP contribution >= 0.6 is 0 Å². The molecule has 0 bridgehead atoms. The summed E-state index contributed by atoms with van der Waals surface area (Å²) < 4.78 is 24.3. The topological polar surface area (TPSA) is 96.2 Å². The Morgan fingerprint density at radius 3 is 2.57 bits per heavy atom. The van der Waals surface area contributed by atoms with Gasteiger partial charge in [-0.2, -0.15) is 0 Å². The molecule has 0 fully saturated rings. The molecule has 0 saturated carbocycles. The summed E-state index contributed by atoms with van der Waals surface area (Å²) in [6.45, 7) is 0. The number of nitro groups is 1. The van der Waals surface area contributed by atoms with Crippen LogP contribution in [-0.2, 0) is 0 Å². The second kappa shape index (κ2) is 3.40. The first-order valence-corrected chi connectivity index (χ1v) is 3.32. The average molecular weight is 206 g/mol. The van der Waals surface area contributed by atoms with Crippen molar-refractivity contribution in [3.05, 3.63) is 32.2 Å². The highest BCUT2D eigenvalue weighted by Gasteiger charge is 2.25. The molecule has 0 saturated heterocycles. The van der Waals surface area contributed by atoms with Crippen molar-refractivity contribution in [3.8, 4) is 5.75 Å². The Labute approximate surface area is 75.0 Å². The molecule has 0 aliphatic carbocycles. The van der Waals surface area contributed by atoms with Crippen molar-refractivity contribution in [3.63, 3.8) is 0 Å². The van der Waals surface area contributed by atoms with Crippen LogP contribution in [0, 0.1) is 10.1 Å². The Balaban J connectivity index is 3.49. The molecule has 0 aliphatic heterocycles. The molecule has 76 valence electrons. The second-order valence-electron chi connectivity index (χ2n) is 2.32. The van der Waals surface area contributed by atoms with E-state index < -0.39 is 33.9 Å². The minimum atomic E-state index is -3.27. The number of aromatic amines is 1. The van der Waals surface area contributed by atoms with Crippen LogP contribution in [0.3, 0.4) is 0 Å². The highest BCUT2D eigenvalue weighted by molar-refractivity contribution is 5.48. The number of aromatic hydroxyl groups is 1. The first-order chi connectivity index (χ1) is 6.45. The fourth-order valence-corrected chi connectivity index (χ4v) is 0.867. The molecule has 8 heteroatoms. The second-order valence-corrected chi connectivity index (χ2v) is 2.32. The molecule has 0 aliphatic rings. The summed E-state index contributed by atoms with van der Waals surface area (Å²) in [6.07, 6.45) is -2.71. The molecule has 1 aromatic rings. The van der Waals surface area contributed by atoms with Gasteiger partial charge < -0.3 is 10.1 Å². The molecule has 0 aromatic carbocycles. The van der Waals surface area contributed by atoms with Gasteiger partial charge in [0.1, 0.15) is 5.56 Å². The van der Waals surface area contributed by atoms with Gasteiger partial charge in [0.15, 0.2) is 0 Å². The summed E-state index contributed by atoms with van der Waals surface area (Å²) in [5.41, 5.74) is -3.50. The predicted molar refractivity (Wildman–Crippen MR) is 40.3 cm³/mol. The molecule has 1 aromatic heterocycles. The largest absolute Gasteiger partial charge is 0.502 e. The molecular formula is C6H4F2N2O4. The molecule has 1 heterocycles. The molecule has 0 amide bonds. The summed E-state index contributed by atoms with van der Waals surface area (Å²) in [5, 5.41) is 19.2. The third-order valence-electron chi connectivity index (χ3n) is 1.50. The maximum Gasteiger partial charge on any atom is 0.327 e. The molecule has 14 heavy (non-hydrogen) atoms. The SMILES string of the molecule is O=c1[nH]cc([N+](=O)[O-])c(O)c1C(F)F. The number of H-pyrrole nitrogens is 1. The predicted octanol–water partition coefficient (Wildman–Crippen LogP) is 0.926. The minimum absolute atomic E-state index is 0.559. The van der Waals surface area contributed by atoms with Gasteiger partial charge in [-0.25, -0.2) is 8.78 Å². The summed E-state index contributed by atoms with van der Waals surface area (Å²) in [6, 6.07) is 0. The maximum atomic E-state index is 12.1. The molecular weight excluding hydrogens is 202 g/mol. The van der Waals surface area contributed by atoms with Crippen LogP contribution in [0.4, 0.5) is 14.5 Å².